The molecule has 0 aromatic carbocycles. The monoisotopic (exact) mass is 240 g/mol. The van der Waals surface area contributed by atoms with Gasteiger partial charge < -0.3 is 9.64 Å². The molecule has 2 rings (SSSR count). The van der Waals surface area contributed by atoms with Crippen LogP contribution in [0.1, 0.15) is 13.3 Å². The summed E-state index contributed by atoms with van der Waals surface area (Å²) in [5.74, 6) is 1.48. The van der Waals surface area contributed by atoms with Crippen molar-refractivity contribution < 1.29 is 4.74 Å². The predicted octanol–water partition coefficient (Wildman–Crippen LogP) is 2.45. The summed E-state index contributed by atoms with van der Waals surface area (Å²) in [7, 11) is 4.21. The van der Waals surface area contributed by atoms with Crippen LogP contribution >= 0.6 is 11.6 Å². The first kappa shape index (κ1) is 11.7. The number of pyridine rings is 1. The topological polar surface area (TPSA) is 25.4 Å². The maximum absolute atomic E-state index is 5.76. The largest absolute Gasteiger partial charge is 0.490 e. The fourth-order valence-electron chi connectivity index (χ4n) is 2.08. The molecule has 0 N–H and O–H groups in total. The number of hydrogen-bond acceptors (Lipinski definition) is 3. The third-order valence-corrected chi connectivity index (χ3v) is 3.72. The van der Waals surface area contributed by atoms with Crippen molar-refractivity contribution in [2.75, 3.05) is 20.7 Å². The van der Waals surface area contributed by atoms with Crippen LogP contribution in [-0.2, 0) is 0 Å². The van der Waals surface area contributed by atoms with Crippen molar-refractivity contribution in [3.05, 3.63) is 23.5 Å². The number of halogens is 1. The molecule has 2 atom stereocenters. The van der Waals surface area contributed by atoms with Gasteiger partial charge in [-0.2, -0.15) is 0 Å². The molecular weight excluding hydrogens is 224 g/mol. The molecule has 3 nitrogen and oxygen atoms in total. The summed E-state index contributed by atoms with van der Waals surface area (Å²) in [6.07, 6.45) is 2.86. The van der Waals surface area contributed by atoms with Crippen LogP contribution < -0.4 is 4.74 Å². The van der Waals surface area contributed by atoms with Crippen molar-refractivity contribution in [2.24, 2.45) is 5.92 Å². The van der Waals surface area contributed by atoms with E-state index in [1.54, 1.807) is 12.3 Å². The van der Waals surface area contributed by atoms with Gasteiger partial charge in [0.25, 0.3) is 0 Å². The molecule has 1 saturated carbocycles. The Morgan fingerprint density at radius 2 is 2.25 bits per heavy atom. The highest BCUT2D eigenvalue weighted by Crippen LogP contribution is 2.47. The average molecular weight is 241 g/mol. The van der Waals surface area contributed by atoms with Crippen LogP contribution in [0.4, 0.5) is 0 Å². The van der Waals surface area contributed by atoms with E-state index in [2.05, 4.69) is 30.9 Å². The van der Waals surface area contributed by atoms with Crippen LogP contribution in [0.2, 0.25) is 5.15 Å². The molecule has 16 heavy (non-hydrogen) atoms. The molecule has 1 aromatic rings. The van der Waals surface area contributed by atoms with Crippen molar-refractivity contribution in [3.8, 4) is 5.75 Å². The van der Waals surface area contributed by atoms with Gasteiger partial charge in [0.15, 0.2) is 0 Å². The number of hydrogen-bond donors (Lipinski definition) is 0. The zero-order chi connectivity index (χ0) is 11.8. The lowest BCUT2D eigenvalue weighted by atomic mass is 10.2. The van der Waals surface area contributed by atoms with E-state index in [0.717, 1.165) is 5.75 Å². The van der Waals surface area contributed by atoms with Gasteiger partial charge in [-0.25, -0.2) is 4.98 Å². The summed E-state index contributed by atoms with van der Waals surface area (Å²) in [6.45, 7) is 2.97. The SMILES string of the molecule is C[C@H]1C[C@]1(COc1ccc(Cl)nc1)N(C)C. The highest BCUT2D eigenvalue weighted by Gasteiger charge is 2.53. The Hall–Kier alpha value is -0.800. The molecule has 1 aliphatic carbocycles. The van der Waals surface area contributed by atoms with Crippen molar-refractivity contribution >= 4 is 11.6 Å². The first-order chi connectivity index (χ1) is 7.54. The lowest BCUT2D eigenvalue weighted by molar-refractivity contribution is 0.155. The maximum atomic E-state index is 5.76. The second-order valence-electron chi connectivity index (χ2n) is 4.71. The average Bonchev–Trinajstić information content (AvgIpc) is 2.90. The molecule has 0 radical (unpaired) electrons. The van der Waals surface area contributed by atoms with Crippen LogP contribution in [0.15, 0.2) is 18.3 Å². The highest BCUT2D eigenvalue weighted by atomic mass is 35.5. The van der Waals surface area contributed by atoms with E-state index >= 15 is 0 Å². The minimum Gasteiger partial charge on any atom is -0.490 e. The molecule has 0 amide bonds. The zero-order valence-electron chi connectivity index (χ0n) is 9.90. The number of nitrogens with zero attached hydrogens (tertiary/aromatic N) is 2. The molecule has 0 aliphatic heterocycles. The van der Waals surface area contributed by atoms with E-state index in [0.29, 0.717) is 17.7 Å². The molecule has 0 bridgehead atoms. The zero-order valence-corrected chi connectivity index (χ0v) is 10.7. The van der Waals surface area contributed by atoms with Crippen molar-refractivity contribution in [2.45, 2.75) is 18.9 Å². The van der Waals surface area contributed by atoms with Crippen LogP contribution in [0.3, 0.4) is 0 Å². The number of aromatic nitrogens is 1. The van der Waals surface area contributed by atoms with E-state index in [-0.39, 0.29) is 5.54 Å². The molecule has 0 unspecified atom stereocenters. The minimum atomic E-state index is 0.208. The molecule has 4 heteroatoms. The second-order valence-corrected chi connectivity index (χ2v) is 5.10. The predicted molar refractivity (Wildman–Crippen MR) is 64.9 cm³/mol. The fraction of sp³-hybridized carbons (Fsp3) is 0.583. The fourth-order valence-corrected chi connectivity index (χ4v) is 2.19. The Balaban J connectivity index is 1.95. The second kappa shape index (κ2) is 4.22. The molecule has 0 spiro atoms. The summed E-state index contributed by atoms with van der Waals surface area (Å²) in [6, 6.07) is 3.60. The molecule has 0 saturated heterocycles. The summed E-state index contributed by atoms with van der Waals surface area (Å²) in [5.41, 5.74) is 0.208. The number of ether oxygens (including phenoxy) is 1. The van der Waals surface area contributed by atoms with Crippen molar-refractivity contribution in [3.63, 3.8) is 0 Å². The van der Waals surface area contributed by atoms with Gasteiger partial charge in [0.1, 0.15) is 17.5 Å². The van der Waals surface area contributed by atoms with Crippen LogP contribution in [-0.4, -0.2) is 36.1 Å². The Morgan fingerprint density at radius 1 is 1.56 bits per heavy atom. The molecule has 1 aliphatic rings. The number of likely N-dealkylation sites (N-methyl/N-ethyl adjacent to an activating group) is 1. The third kappa shape index (κ3) is 2.15. The van der Waals surface area contributed by atoms with Crippen molar-refractivity contribution in [1.29, 1.82) is 0 Å². The van der Waals surface area contributed by atoms with E-state index < -0.39 is 0 Å². The number of rotatable bonds is 4. The van der Waals surface area contributed by atoms with Gasteiger partial charge in [-0.3, -0.25) is 0 Å². The van der Waals surface area contributed by atoms with Gasteiger partial charge in [-0.1, -0.05) is 18.5 Å². The van der Waals surface area contributed by atoms with Gasteiger partial charge in [-0.15, -0.1) is 0 Å². The third-order valence-electron chi connectivity index (χ3n) is 3.50. The van der Waals surface area contributed by atoms with Gasteiger partial charge in [0.2, 0.25) is 0 Å². The van der Waals surface area contributed by atoms with Gasteiger partial charge >= 0.3 is 0 Å². The van der Waals surface area contributed by atoms with Gasteiger partial charge in [-0.05, 0) is 38.6 Å². The first-order valence-electron chi connectivity index (χ1n) is 5.46. The van der Waals surface area contributed by atoms with Crippen molar-refractivity contribution in [1.82, 2.24) is 9.88 Å². The highest BCUT2D eigenvalue weighted by molar-refractivity contribution is 6.29. The van der Waals surface area contributed by atoms with E-state index in [1.165, 1.54) is 6.42 Å². The summed E-state index contributed by atoms with van der Waals surface area (Å²) >= 11 is 5.71. The quantitative estimate of drug-likeness (QED) is 0.756. The molecule has 1 heterocycles. The van der Waals surface area contributed by atoms with Gasteiger partial charge in [0, 0.05) is 0 Å². The Labute approximate surface area is 101 Å². The molecule has 1 aromatic heterocycles. The van der Waals surface area contributed by atoms with E-state index in [9.17, 15) is 0 Å². The summed E-state index contributed by atoms with van der Waals surface area (Å²) in [5, 5.41) is 0.495. The molecule has 88 valence electrons. The summed E-state index contributed by atoms with van der Waals surface area (Å²) < 4.78 is 5.76. The van der Waals surface area contributed by atoms with Crippen LogP contribution in [0, 0.1) is 5.92 Å². The van der Waals surface area contributed by atoms with E-state index in [1.807, 2.05) is 6.07 Å². The molecule has 1 fully saturated rings. The van der Waals surface area contributed by atoms with Gasteiger partial charge in [0.05, 0.1) is 11.7 Å². The normalized spacial score (nSPS) is 28.2. The Bertz CT molecular complexity index is 366. The lowest BCUT2D eigenvalue weighted by Crippen LogP contribution is -2.37. The van der Waals surface area contributed by atoms with Crippen LogP contribution in [0.25, 0.3) is 0 Å². The molecular formula is C12H17ClN2O. The summed E-state index contributed by atoms with van der Waals surface area (Å²) in [4.78, 5) is 6.24. The maximum Gasteiger partial charge on any atom is 0.137 e. The Morgan fingerprint density at radius 3 is 2.69 bits per heavy atom. The Kier molecular flexibility index (Phi) is 3.08. The lowest BCUT2D eigenvalue weighted by Gasteiger charge is -2.25. The standard InChI is InChI=1S/C12H17ClN2O/c1-9-6-12(9,15(2)3)8-16-10-4-5-11(13)14-7-10/h4-5,7,9H,6,8H2,1-3H3/t9-,12+/m0/s1. The smallest absolute Gasteiger partial charge is 0.137 e. The van der Waals surface area contributed by atoms with Crippen LogP contribution in [0.5, 0.6) is 5.75 Å². The van der Waals surface area contributed by atoms with E-state index in [4.69, 9.17) is 16.3 Å². The minimum absolute atomic E-state index is 0.208. The first-order valence-corrected chi connectivity index (χ1v) is 5.84.